The van der Waals surface area contributed by atoms with Crippen LogP contribution in [-0.2, 0) is 19.4 Å². The van der Waals surface area contributed by atoms with Gasteiger partial charge in [0, 0.05) is 23.7 Å². The van der Waals surface area contributed by atoms with Crippen molar-refractivity contribution in [3.05, 3.63) is 42.2 Å². The van der Waals surface area contributed by atoms with Crippen LogP contribution in [-0.4, -0.2) is 57.9 Å². The van der Waals surface area contributed by atoms with E-state index in [4.69, 9.17) is 4.74 Å². The second-order valence-electron chi connectivity index (χ2n) is 9.10. The molecular weight excluding hydrogens is 505 g/mol. The monoisotopic (exact) mass is 539 g/mol. The summed E-state index contributed by atoms with van der Waals surface area (Å²) in [5, 5.41) is 9.96. The van der Waals surface area contributed by atoms with Crippen LogP contribution in [0.5, 0.6) is 5.75 Å². The lowest BCUT2D eigenvalue weighted by atomic mass is 9.81. The van der Waals surface area contributed by atoms with Gasteiger partial charge in [0.15, 0.2) is 15.9 Å². The Morgan fingerprint density at radius 2 is 1.94 bits per heavy atom. The third kappa shape index (κ3) is 6.15. The van der Waals surface area contributed by atoms with E-state index >= 15 is 0 Å². The number of hydrogen-bond donors (Lipinski definition) is 1. The van der Waals surface area contributed by atoms with Gasteiger partial charge in [0.05, 0.1) is 28.3 Å². The first-order chi connectivity index (χ1) is 17.1. The predicted molar refractivity (Wildman–Crippen MR) is 139 cm³/mol. The maximum Gasteiger partial charge on any atom is 0.338 e. The summed E-state index contributed by atoms with van der Waals surface area (Å²) < 4.78 is 51.7. The number of rotatable bonds is 10. The molecule has 2 aromatic rings. The average molecular weight is 540 g/mol. The quantitative estimate of drug-likeness (QED) is 0.334. The van der Waals surface area contributed by atoms with E-state index in [-0.39, 0.29) is 28.8 Å². The summed E-state index contributed by atoms with van der Waals surface area (Å²) in [6.45, 7) is 4.19. The molecule has 2 atom stereocenters. The number of unbranched alkanes of at least 4 members (excludes halogenated alkanes) is 1. The number of anilines is 2. The summed E-state index contributed by atoms with van der Waals surface area (Å²) in [5.74, 6) is -0.977. The molecule has 0 saturated carbocycles. The number of halogens is 1. The zero-order valence-electron chi connectivity index (χ0n) is 21.1. The third-order valence-corrected chi connectivity index (χ3v) is 9.43. The fourth-order valence-electron chi connectivity index (χ4n) is 4.53. The lowest BCUT2D eigenvalue weighted by molar-refractivity contribution is -0.151. The Labute approximate surface area is 216 Å². The van der Waals surface area contributed by atoms with Gasteiger partial charge in [-0.3, -0.25) is 0 Å². The van der Waals surface area contributed by atoms with Gasteiger partial charge in [0.1, 0.15) is 18.2 Å². The van der Waals surface area contributed by atoms with Crippen molar-refractivity contribution in [2.75, 3.05) is 37.2 Å². The summed E-state index contributed by atoms with van der Waals surface area (Å²) in [6, 6.07) is 9.29. The molecule has 0 aliphatic carbocycles. The van der Waals surface area contributed by atoms with E-state index in [1.807, 2.05) is 18.1 Å². The molecule has 0 unspecified atom stereocenters. The lowest BCUT2D eigenvalue weighted by Crippen LogP contribution is -2.37. The maximum atomic E-state index is 13.8. The van der Waals surface area contributed by atoms with Gasteiger partial charge in [0.25, 0.3) is 0 Å². The van der Waals surface area contributed by atoms with Gasteiger partial charge in [-0.05, 0) is 49.4 Å². The van der Waals surface area contributed by atoms with Gasteiger partial charge in [-0.25, -0.2) is 17.6 Å². The number of carbonyl (C=O) groups is 1. The molecule has 1 N–H and O–H groups in total. The number of aliphatic hydroxyl groups excluding tert-OH is 1. The van der Waals surface area contributed by atoms with Crippen molar-refractivity contribution in [3.63, 3.8) is 0 Å². The minimum Gasteiger partial charge on any atom is -0.489 e. The molecule has 0 saturated heterocycles. The standard InChI is InChI=1S/C26H34FNO6S2/c1-5-7-12-26(6-2)16-28(19-10-8-18(27)9-11-19)20-13-23(35-4)22(14-24(20)36(31,32)17-26)34-15-21(29)25(30)33-3/h8-11,13-14,21,29H,5-7,12,15-17H2,1-4H3/t21-,26-/m0/s1. The first-order valence-corrected chi connectivity index (χ1v) is 14.8. The highest BCUT2D eigenvalue weighted by atomic mass is 32.2. The Hall–Kier alpha value is -2.30. The van der Waals surface area contributed by atoms with Crippen molar-refractivity contribution in [1.82, 2.24) is 0 Å². The summed E-state index contributed by atoms with van der Waals surface area (Å²) in [5.41, 5.74) is 0.703. The Balaban J connectivity index is 2.17. The Morgan fingerprint density at radius 1 is 1.25 bits per heavy atom. The molecule has 0 aromatic heterocycles. The van der Waals surface area contributed by atoms with Crippen molar-refractivity contribution in [1.29, 1.82) is 0 Å². The Morgan fingerprint density at radius 3 is 2.53 bits per heavy atom. The van der Waals surface area contributed by atoms with Crippen molar-refractivity contribution in [2.24, 2.45) is 5.41 Å². The largest absolute Gasteiger partial charge is 0.489 e. The number of benzene rings is 2. The first-order valence-electron chi connectivity index (χ1n) is 12.0. The number of carbonyl (C=O) groups excluding carboxylic acids is 1. The fourth-order valence-corrected chi connectivity index (χ4v) is 7.25. The van der Waals surface area contributed by atoms with E-state index in [1.54, 1.807) is 18.2 Å². The van der Waals surface area contributed by atoms with Gasteiger partial charge >= 0.3 is 5.97 Å². The highest BCUT2D eigenvalue weighted by molar-refractivity contribution is 7.98. The summed E-state index contributed by atoms with van der Waals surface area (Å²) in [7, 11) is -2.58. The van der Waals surface area contributed by atoms with Gasteiger partial charge < -0.3 is 19.5 Å². The van der Waals surface area contributed by atoms with E-state index in [2.05, 4.69) is 11.7 Å². The molecule has 1 aliphatic heterocycles. The molecular formula is C26H34FNO6S2. The molecule has 0 fully saturated rings. The minimum atomic E-state index is -3.74. The predicted octanol–water partition coefficient (Wildman–Crippen LogP) is 4.97. The van der Waals surface area contributed by atoms with Crippen LogP contribution in [0.1, 0.15) is 39.5 Å². The van der Waals surface area contributed by atoms with Gasteiger partial charge in [-0.15, -0.1) is 11.8 Å². The van der Waals surface area contributed by atoms with Crippen LogP contribution in [0.2, 0.25) is 0 Å². The average Bonchev–Trinajstić information content (AvgIpc) is 2.97. The number of ether oxygens (including phenoxy) is 2. The normalized spacial score (nSPS) is 19.8. The van der Waals surface area contributed by atoms with Crippen molar-refractivity contribution < 1.29 is 32.2 Å². The molecule has 0 amide bonds. The van der Waals surface area contributed by atoms with E-state index in [0.29, 0.717) is 29.2 Å². The molecule has 1 aliphatic rings. The van der Waals surface area contributed by atoms with Gasteiger partial charge in [0.2, 0.25) is 0 Å². The van der Waals surface area contributed by atoms with Crippen LogP contribution in [0.3, 0.4) is 0 Å². The van der Waals surface area contributed by atoms with Crippen LogP contribution in [0.4, 0.5) is 15.8 Å². The number of sulfone groups is 1. The molecule has 0 bridgehead atoms. The number of aliphatic hydroxyl groups is 1. The van der Waals surface area contributed by atoms with Gasteiger partial charge in [-0.1, -0.05) is 26.7 Å². The van der Waals surface area contributed by atoms with E-state index < -0.39 is 27.3 Å². The van der Waals surface area contributed by atoms with Crippen LogP contribution < -0.4 is 9.64 Å². The van der Waals surface area contributed by atoms with Crippen molar-refractivity contribution >= 4 is 38.9 Å². The summed E-state index contributed by atoms with van der Waals surface area (Å²) >= 11 is 1.36. The van der Waals surface area contributed by atoms with Crippen LogP contribution in [0, 0.1) is 11.2 Å². The number of fused-ring (bicyclic) bond motifs is 1. The minimum absolute atomic E-state index is 0.0238. The summed E-state index contributed by atoms with van der Waals surface area (Å²) in [4.78, 5) is 14.3. The number of esters is 1. The molecule has 198 valence electrons. The van der Waals surface area contributed by atoms with Crippen molar-refractivity contribution in [3.8, 4) is 5.75 Å². The van der Waals surface area contributed by atoms with Crippen LogP contribution >= 0.6 is 11.8 Å². The van der Waals surface area contributed by atoms with Crippen LogP contribution in [0.25, 0.3) is 0 Å². The number of thioether (sulfide) groups is 1. The lowest BCUT2D eigenvalue weighted by Gasteiger charge is -2.36. The second-order valence-corrected chi connectivity index (χ2v) is 11.9. The van der Waals surface area contributed by atoms with Gasteiger partial charge in [-0.2, -0.15) is 0 Å². The van der Waals surface area contributed by atoms with Crippen molar-refractivity contribution in [2.45, 2.75) is 55.4 Å². The summed E-state index contributed by atoms with van der Waals surface area (Å²) in [6.07, 6.45) is 3.58. The number of hydrogen-bond acceptors (Lipinski definition) is 8. The zero-order valence-corrected chi connectivity index (χ0v) is 22.8. The highest BCUT2D eigenvalue weighted by Crippen LogP contribution is 2.47. The SMILES string of the molecule is CCCC[C@@]1(CC)CN(c2ccc(F)cc2)c2cc(SC)c(OC[C@H](O)C(=O)OC)cc2S(=O)(=O)C1. The molecule has 1 heterocycles. The molecule has 3 rings (SSSR count). The molecule has 2 aromatic carbocycles. The fraction of sp³-hybridized carbons (Fsp3) is 0.500. The Bertz CT molecular complexity index is 1170. The number of nitrogens with zero attached hydrogens (tertiary/aromatic N) is 1. The van der Waals surface area contributed by atoms with E-state index in [1.165, 1.54) is 30.0 Å². The van der Waals surface area contributed by atoms with E-state index in [0.717, 1.165) is 26.4 Å². The number of methoxy groups -OCH3 is 1. The zero-order chi connectivity index (χ0) is 26.5. The first kappa shape index (κ1) is 28.3. The maximum absolute atomic E-state index is 13.8. The van der Waals surface area contributed by atoms with Crippen LogP contribution in [0.15, 0.2) is 46.2 Å². The Kier molecular flexibility index (Phi) is 9.29. The molecule has 7 nitrogen and oxygen atoms in total. The van der Waals surface area contributed by atoms with E-state index in [9.17, 15) is 22.7 Å². The second kappa shape index (κ2) is 11.8. The molecule has 10 heteroatoms. The molecule has 0 radical (unpaired) electrons. The topological polar surface area (TPSA) is 93.1 Å². The highest BCUT2D eigenvalue weighted by Gasteiger charge is 2.42. The third-order valence-electron chi connectivity index (χ3n) is 6.68. The smallest absolute Gasteiger partial charge is 0.338 e. The molecule has 36 heavy (non-hydrogen) atoms. The molecule has 0 spiro atoms.